The third-order valence-corrected chi connectivity index (χ3v) is 7.28. The lowest BCUT2D eigenvalue weighted by atomic mass is 9.83. The molecule has 1 saturated heterocycles. The Morgan fingerprint density at radius 3 is 2.86 bits per heavy atom. The monoisotopic (exact) mass is 477 g/mol. The zero-order valence-corrected chi connectivity index (χ0v) is 19.9. The average Bonchev–Trinajstić information content (AvgIpc) is 3.62. The number of carbonyl (C=O) groups excluding carboxylic acids is 1. The second-order valence-corrected chi connectivity index (χ2v) is 9.75. The van der Waals surface area contributed by atoms with Crippen LogP contribution in [0.25, 0.3) is 5.70 Å². The summed E-state index contributed by atoms with van der Waals surface area (Å²) < 4.78 is 28.5. The van der Waals surface area contributed by atoms with Gasteiger partial charge in [0.1, 0.15) is 11.2 Å². The molecule has 1 saturated carbocycles. The largest absolute Gasteiger partial charge is 0.370 e. The van der Waals surface area contributed by atoms with Gasteiger partial charge in [0.2, 0.25) is 5.91 Å². The number of alkyl halides is 1. The fourth-order valence-corrected chi connectivity index (χ4v) is 5.23. The van der Waals surface area contributed by atoms with Crippen LogP contribution >= 0.6 is 0 Å². The molecule has 182 valence electrons. The van der Waals surface area contributed by atoms with Gasteiger partial charge < -0.3 is 15.1 Å². The number of nitrogens with one attached hydrogen (secondary N) is 2. The fourth-order valence-electron chi connectivity index (χ4n) is 5.23. The predicted molar refractivity (Wildman–Crippen MR) is 129 cm³/mol. The van der Waals surface area contributed by atoms with Gasteiger partial charge in [0, 0.05) is 42.8 Å². The van der Waals surface area contributed by atoms with Crippen molar-refractivity contribution in [3.8, 4) is 6.07 Å². The molecule has 1 aromatic rings. The van der Waals surface area contributed by atoms with Gasteiger partial charge in [-0.25, -0.2) is 8.78 Å². The summed E-state index contributed by atoms with van der Waals surface area (Å²) in [7, 11) is 1.64. The van der Waals surface area contributed by atoms with Crippen molar-refractivity contribution >= 4 is 11.6 Å². The SMILES string of the molecule is CC1=CC(N2CCC(C#N)(C3CC3)C2=O)=CC(NCc2cc(F)cc(C3=CC=CC(F)N3C)c2)N1. The van der Waals surface area contributed by atoms with Crippen molar-refractivity contribution in [1.29, 1.82) is 5.26 Å². The van der Waals surface area contributed by atoms with Crippen LogP contribution in [0.3, 0.4) is 0 Å². The van der Waals surface area contributed by atoms with E-state index in [4.69, 9.17) is 0 Å². The Morgan fingerprint density at radius 1 is 1.31 bits per heavy atom. The van der Waals surface area contributed by atoms with Gasteiger partial charge in [-0.15, -0.1) is 0 Å². The molecule has 6 nitrogen and oxygen atoms in total. The van der Waals surface area contributed by atoms with Gasteiger partial charge in [-0.3, -0.25) is 10.1 Å². The van der Waals surface area contributed by atoms with Gasteiger partial charge in [0.15, 0.2) is 6.30 Å². The zero-order chi connectivity index (χ0) is 24.7. The Labute approximate surface area is 204 Å². The number of allylic oxidation sites excluding steroid dienone is 4. The van der Waals surface area contributed by atoms with Crippen molar-refractivity contribution < 1.29 is 13.6 Å². The number of hydrogen-bond donors (Lipinski definition) is 2. The minimum absolute atomic E-state index is 0.0988. The molecule has 1 aliphatic carbocycles. The summed E-state index contributed by atoms with van der Waals surface area (Å²) in [6.07, 6.45) is 9.62. The van der Waals surface area contributed by atoms with Crippen LogP contribution in [0.15, 0.2) is 60.0 Å². The molecule has 4 aliphatic rings. The van der Waals surface area contributed by atoms with Crippen molar-refractivity contribution in [2.24, 2.45) is 11.3 Å². The summed E-state index contributed by atoms with van der Waals surface area (Å²) in [6.45, 7) is 2.82. The summed E-state index contributed by atoms with van der Waals surface area (Å²) in [6, 6.07) is 7.04. The second kappa shape index (κ2) is 8.97. The van der Waals surface area contributed by atoms with E-state index in [-0.39, 0.29) is 18.0 Å². The molecular formula is C27H29F2N5O. The highest BCUT2D eigenvalue weighted by atomic mass is 19.1. The number of likely N-dealkylation sites (tertiary alicyclic amines) is 1. The van der Waals surface area contributed by atoms with Gasteiger partial charge in [0.25, 0.3) is 0 Å². The van der Waals surface area contributed by atoms with E-state index in [2.05, 4.69) is 16.7 Å². The summed E-state index contributed by atoms with van der Waals surface area (Å²) >= 11 is 0. The van der Waals surface area contributed by atoms with Crippen LogP contribution < -0.4 is 10.6 Å². The Bertz CT molecular complexity index is 1210. The van der Waals surface area contributed by atoms with E-state index in [1.165, 1.54) is 23.1 Å². The highest BCUT2D eigenvalue weighted by Crippen LogP contribution is 2.52. The molecule has 0 bridgehead atoms. The number of hydrogen-bond acceptors (Lipinski definition) is 5. The maximum Gasteiger partial charge on any atom is 0.247 e. The third kappa shape index (κ3) is 4.37. The summed E-state index contributed by atoms with van der Waals surface area (Å²) in [4.78, 5) is 16.4. The van der Waals surface area contributed by atoms with Gasteiger partial charge in [-0.1, -0.05) is 6.08 Å². The van der Waals surface area contributed by atoms with Crippen molar-refractivity contribution in [2.75, 3.05) is 13.6 Å². The normalized spacial score (nSPS) is 28.3. The Morgan fingerprint density at radius 2 is 2.11 bits per heavy atom. The maximum absolute atomic E-state index is 14.4. The highest BCUT2D eigenvalue weighted by Gasteiger charge is 2.57. The molecule has 0 aromatic heterocycles. The van der Waals surface area contributed by atoms with Crippen molar-refractivity contribution in [3.63, 3.8) is 0 Å². The number of nitriles is 1. The van der Waals surface area contributed by atoms with Crippen LogP contribution in [-0.4, -0.2) is 41.8 Å². The molecule has 5 rings (SSSR count). The minimum atomic E-state index is -1.25. The Kier molecular flexibility index (Phi) is 5.97. The molecule has 2 N–H and O–H groups in total. The number of dihydropyridines is 1. The Balaban J connectivity index is 1.31. The molecule has 3 heterocycles. The van der Waals surface area contributed by atoms with Crippen LogP contribution in [0.2, 0.25) is 0 Å². The minimum Gasteiger partial charge on any atom is -0.370 e. The first kappa shape index (κ1) is 23.3. The van der Waals surface area contributed by atoms with Gasteiger partial charge in [-0.2, -0.15) is 5.26 Å². The smallest absolute Gasteiger partial charge is 0.247 e. The highest BCUT2D eigenvalue weighted by molar-refractivity contribution is 5.90. The van der Waals surface area contributed by atoms with E-state index in [1.807, 2.05) is 25.1 Å². The quantitative estimate of drug-likeness (QED) is 0.608. The van der Waals surface area contributed by atoms with Crippen LogP contribution in [0, 0.1) is 28.5 Å². The predicted octanol–water partition coefficient (Wildman–Crippen LogP) is 3.92. The molecule has 3 atom stereocenters. The molecule has 1 amide bonds. The van der Waals surface area contributed by atoms with Crippen molar-refractivity contribution in [1.82, 2.24) is 20.4 Å². The number of rotatable bonds is 6. The molecular weight excluding hydrogens is 448 g/mol. The van der Waals surface area contributed by atoms with Crippen LogP contribution in [0.4, 0.5) is 8.78 Å². The molecule has 8 heteroatoms. The molecule has 0 radical (unpaired) electrons. The number of benzene rings is 1. The van der Waals surface area contributed by atoms with Crippen LogP contribution in [0.5, 0.6) is 0 Å². The van der Waals surface area contributed by atoms with E-state index in [1.54, 1.807) is 24.1 Å². The van der Waals surface area contributed by atoms with E-state index in [9.17, 15) is 18.8 Å². The molecule has 3 unspecified atom stereocenters. The van der Waals surface area contributed by atoms with Gasteiger partial charge >= 0.3 is 0 Å². The fraction of sp³-hybridized carbons (Fsp3) is 0.407. The van der Waals surface area contributed by atoms with Crippen molar-refractivity contribution in [2.45, 2.75) is 45.2 Å². The molecule has 35 heavy (non-hydrogen) atoms. The second-order valence-electron chi connectivity index (χ2n) is 9.75. The molecule has 3 aliphatic heterocycles. The summed E-state index contributed by atoms with van der Waals surface area (Å²) in [5.41, 5.74) is 2.72. The van der Waals surface area contributed by atoms with E-state index >= 15 is 0 Å². The Hall–Kier alpha value is -3.44. The lowest BCUT2D eigenvalue weighted by Gasteiger charge is -2.29. The lowest BCUT2D eigenvalue weighted by Crippen LogP contribution is -2.43. The van der Waals surface area contributed by atoms with Gasteiger partial charge in [-0.05, 0) is 80.2 Å². The first-order valence-corrected chi connectivity index (χ1v) is 12.0. The number of amides is 1. The van der Waals surface area contributed by atoms with E-state index in [0.29, 0.717) is 30.8 Å². The first-order valence-electron chi connectivity index (χ1n) is 12.0. The topological polar surface area (TPSA) is 71.4 Å². The number of halogens is 2. The van der Waals surface area contributed by atoms with E-state index in [0.717, 1.165) is 29.8 Å². The number of likely N-dealkylation sites (N-methyl/N-ethyl adjacent to an activating group) is 1. The van der Waals surface area contributed by atoms with Crippen LogP contribution in [-0.2, 0) is 11.3 Å². The third-order valence-electron chi connectivity index (χ3n) is 7.28. The van der Waals surface area contributed by atoms with E-state index < -0.39 is 17.5 Å². The summed E-state index contributed by atoms with van der Waals surface area (Å²) in [5.74, 6) is -0.314. The van der Waals surface area contributed by atoms with Crippen molar-refractivity contribution in [3.05, 3.63) is 76.9 Å². The number of nitrogens with zero attached hydrogens (tertiary/aromatic N) is 3. The lowest BCUT2D eigenvalue weighted by molar-refractivity contribution is -0.132. The zero-order valence-electron chi connectivity index (χ0n) is 19.9. The average molecular weight is 478 g/mol. The van der Waals surface area contributed by atoms with Gasteiger partial charge in [0.05, 0.1) is 12.2 Å². The standard InChI is InChI=1S/C27H29F2N5O/c1-17-10-22(34-9-8-27(16-30,26(34)35)20-6-7-20)14-25(32-17)31-15-18-11-19(13-21(28)12-18)23-4-3-5-24(29)33(23)2/h3-5,10-14,20,24-25,31-32H,6-9,15H2,1-2H3. The first-order chi connectivity index (χ1) is 16.8. The molecule has 0 spiro atoms. The number of carbonyl (C=O) groups is 1. The summed E-state index contributed by atoms with van der Waals surface area (Å²) in [5, 5.41) is 16.5. The molecule has 2 fully saturated rings. The molecule has 1 aromatic carbocycles. The van der Waals surface area contributed by atoms with Crippen LogP contribution in [0.1, 0.15) is 37.3 Å². The maximum atomic E-state index is 14.4.